The largest absolute Gasteiger partial charge is 0.354 e. The van der Waals surface area contributed by atoms with Gasteiger partial charge in [0.1, 0.15) is 23.7 Å². The monoisotopic (exact) mass is 339 g/mol. The van der Waals surface area contributed by atoms with Crippen LogP contribution in [0.2, 0.25) is 0 Å². The lowest BCUT2D eigenvalue weighted by atomic mass is 9.91. The van der Waals surface area contributed by atoms with Crippen LogP contribution in [0.1, 0.15) is 26.3 Å². The van der Waals surface area contributed by atoms with E-state index in [1.165, 1.54) is 6.92 Å². The maximum absolute atomic E-state index is 14.0. The smallest absolute Gasteiger partial charge is 0.325 e. The summed E-state index contributed by atoms with van der Waals surface area (Å²) in [5.41, 5.74) is -2.05. The minimum absolute atomic E-state index is 0.212. The summed E-state index contributed by atoms with van der Waals surface area (Å²) in [5, 5.41) is 4.93. The van der Waals surface area contributed by atoms with Crippen LogP contribution in [0.4, 0.5) is 13.6 Å². The third-order valence-electron chi connectivity index (χ3n) is 3.75. The summed E-state index contributed by atoms with van der Waals surface area (Å²) in [4.78, 5) is 37.1. The predicted octanol–water partition coefficient (Wildman–Crippen LogP) is 1.50. The molecule has 0 saturated carbocycles. The summed E-state index contributed by atoms with van der Waals surface area (Å²) in [6.07, 6.45) is 0. The van der Waals surface area contributed by atoms with Crippen LogP contribution < -0.4 is 10.6 Å². The summed E-state index contributed by atoms with van der Waals surface area (Å²) in [5.74, 6) is -2.65. The van der Waals surface area contributed by atoms with E-state index in [4.69, 9.17) is 0 Å². The van der Waals surface area contributed by atoms with Gasteiger partial charge in [-0.2, -0.15) is 0 Å². The Bertz CT molecular complexity index is 693. The lowest BCUT2D eigenvalue weighted by molar-refractivity contribution is -0.134. The zero-order valence-corrected chi connectivity index (χ0v) is 13.7. The van der Waals surface area contributed by atoms with Gasteiger partial charge < -0.3 is 10.6 Å². The van der Waals surface area contributed by atoms with Crippen molar-refractivity contribution >= 4 is 17.8 Å². The van der Waals surface area contributed by atoms with Crippen LogP contribution in [0.15, 0.2) is 18.2 Å². The van der Waals surface area contributed by atoms with E-state index >= 15 is 0 Å². The van der Waals surface area contributed by atoms with Crippen LogP contribution in [-0.4, -0.2) is 35.8 Å². The molecule has 1 atom stereocenters. The molecule has 1 fully saturated rings. The van der Waals surface area contributed by atoms with Gasteiger partial charge in [-0.25, -0.2) is 13.6 Å². The molecule has 1 heterocycles. The van der Waals surface area contributed by atoms with E-state index in [-0.39, 0.29) is 11.5 Å². The third-order valence-corrected chi connectivity index (χ3v) is 3.75. The zero-order chi connectivity index (χ0) is 18.1. The molecule has 1 unspecified atom stereocenters. The highest BCUT2D eigenvalue weighted by atomic mass is 19.1. The van der Waals surface area contributed by atoms with Gasteiger partial charge in [-0.1, -0.05) is 13.8 Å². The number of amides is 4. The minimum Gasteiger partial charge on any atom is -0.354 e. The number of carbonyl (C=O) groups is 3. The molecule has 0 aromatic heterocycles. The lowest BCUT2D eigenvalue weighted by Gasteiger charge is -2.22. The Morgan fingerprint density at radius 2 is 2.00 bits per heavy atom. The van der Waals surface area contributed by atoms with E-state index in [0.29, 0.717) is 11.4 Å². The van der Waals surface area contributed by atoms with E-state index in [1.807, 2.05) is 13.8 Å². The predicted molar refractivity (Wildman–Crippen MR) is 81.8 cm³/mol. The molecule has 1 aliphatic rings. The maximum Gasteiger partial charge on any atom is 0.325 e. The van der Waals surface area contributed by atoms with Crippen molar-refractivity contribution in [3.8, 4) is 0 Å². The first-order chi connectivity index (χ1) is 11.1. The zero-order valence-electron chi connectivity index (χ0n) is 13.7. The molecule has 0 radical (unpaired) electrons. The molecule has 1 saturated heterocycles. The SMILES string of the molecule is CC(C)CNC(=O)CN1C(=O)NC(C)(c2cc(F)ccc2F)C1=O. The molecule has 2 N–H and O–H groups in total. The van der Waals surface area contributed by atoms with E-state index in [9.17, 15) is 23.2 Å². The number of rotatable bonds is 5. The van der Waals surface area contributed by atoms with Crippen LogP contribution >= 0.6 is 0 Å². The average Bonchev–Trinajstić information content (AvgIpc) is 2.72. The number of urea groups is 1. The number of nitrogens with zero attached hydrogens (tertiary/aromatic N) is 1. The second-order valence-electron chi connectivity index (χ2n) is 6.27. The summed E-state index contributed by atoms with van der Waals surface area (Å²) >= 11 is 0. The van der Waals surface area contributed by atoms with Crippen molar-refractivity contribution in [1.82, 2.24) is 15.5 Å². The molecule has 8 heteroatoms. The number of nitrogens with one attached hydrogen (secondary N) is 2. The van der Waals surface area contributed by atoms with Crippen LogP contribution in [-0.2, 0) is 15.1 Å². The number of carbonyl (C=O) groups excluding carboxylic acids is 3. The topological polar surface area (TPSA) is 78.5 Å². The van der Waals surface area contributed by atoms with E-state index in [0.717, 1.165) is 18.2 Å². The van der Waals surface area contributed by atoms with Crippen molar-refractivity contribution in [2.45, 2.75) is 26.3 Å². The Kier molecular flexibility index (Phi) is 4.86. The van der Waals surface area contributed by atoms with Crippen LogP contribution in [0, 0.1) is 17.6 Å². The molecule has 1 aliphatic heterocycles. The van der Waals surface area contributed by atoms with Gasteiger partial charge >= 0.3 is 6.03 Å². The Labute approximate surface area is 138 Å². The second-order valence-corrected chi connectivity index (χ2v) is 6.27. The molecule has 6 nitrogen and oxygen atoms in total. The fourth-order valence-corrected chi connectivity index (χ4v) is 2.42. The van der Waals surface area contributed by atoms with Crippen LogP contribution in [0.5, 0.6) is 0 Å². The van der Waals surface area contributed by atoms with E-state index in [1.54, 1.807) is 0 Å². The fourth-order valence-electron chi connectivity index (χ4n) is 2.42. The van der Waals surface area contributed by atoms with E-state index in [2.05, 4.69) is 10.6 Å². The van der Waals surface area contributed by atoms with Crippen molar-refractivity contribution in [1.29, 1.82) is 0 Å². The fraction of sp³-hybridized carbons (Fsp3) is 0.438. The number of halogens is 2. The molecule has 0 aliphatic carbocycles. The van der Waals surface area contributed by atoms with Crippen molar-refractivity contribution in [2.75, 3.05) is 13.1 Å². The standard InChI is InChI=1S/C16H19F2N3O3/c1-9(2)7-19-13(22)8-21-14(23)16(3,20-15(21)24)11-6-10(17)4-5-12(11)18/h4-6,9H,7-8H2,1-3H3,(H,19,22)(H,20,24). The Balaban J connectivity index is 2.21. The quantitative estimate of drug-likeness (QED) is 0.798. The molecular formula is C16H19F2N3O3. The Morgan fingerprint density at radius 3 is 2.62 bits per heavy atom. The first-order valence-electron chi connectivity index (χ1n) is 7.51. The molecule has 0 spiro atoms. The van der Waals surface area contributed by atoms with Gasteiger partial charge in [0.15, 0.2) is 0 Å². The van der Waals surface area contributed by atoms with Gasteiger partial charge in [-0.05, 0) is 31.0 Å². The molecule has 24 heavy (non-hydrogen) atoms. The molecular weight excluding hydrogens is 320 g/mol. The summed E-state index contributed by atoms with van der Waals surface area (Å²) < 4.78 is 27.4. The Morgan fingerprint density at radius 1 is 1.33 bits per heavy atom. The molecule has 130 valence electrons. The van der Waals surface area contributed by atoms with Crippen molar-refractivity contribution < 1.29 is 23.2 Å². The first-order valence-corrected chi connectivity index (χ1v) is 7.51. The molecule has 1 aromatic rings. The normalized spacial score (nSPS) is 20.5. The summed E-state index contributed by atoms with van der Waals surface area (Å²) in [6, 6.07) is 1.83. The number of hydrogen-bond acceptors (Lipinski definition) is 3. The number of benzene rings is 1. The van der Waals surface area contributed by atoms with Crippen LogP contribution in [0.25, 0.3) is 0 Å². The van der Waals surface area contributed by atoms with E-state index < -0.39 is 41.6 Å². The first kappa shape index (κ1) is 17.8. The van der Waals surface area contributed by atoms with Gasteiger partial charge in [0.05, 0.1) is 0 Å². The molecule has 1 aromatic carbocycles. The van der Waals surface area contributed by atoms with Crippen molar-refractivity contribution in [2.24, 2.45) is 5.92 Å². The highest BCUT2D eigenvalue weighted by Crippen LogP contribution is 2.31. The second kappa shape index (κ2) is 6.54. The minimum atomic E-state index is -1.76. The maximum atomic E-state index is 14.0. The van der Waals surface area contributed by atoms with Gasteiger partial charge in [0, 0.05) is 12.1 Å². The van der Waals surface area contributed by atoms with Crippen molar-refractivity contribution in [3.63, 3.8) is 0 Å². The molecule has 4 amide bonds. The van der Waals surface area contributed by atoms with Crippen molar-refractivity contribution in [3.05, 3.63) is 35.4 Å². The third kappa shape index (κ3) is 3.37. The average molecular weight is 339 g/mol. The molecule has 0 bridgehead atoms. The van der Waals surface area contributed by atoms with Gasteiger partial charge in [-0.3, -0.25) is 14.5 Å². The number of hydrogen-bond donors (Lipinski definition) is 2. The van der Waals surface area contributed by atoms with Gasteiger partial charge in [-0.15, -0.1) is 0 Å². The summed E-state index contributed by atoms with van der Waals surface area (Å²) in [6.45, 7) is 4.99. The van der Waals surface area contributed by atoms with Gasteiger partial charge in [0.25, 0.3) is 5.91 Å². The lowest BCUT2D eigenvalue weighted by Crippen LogP contribution is -2.44. The van der Waals surface area contributed by atoms with Crippen LogP contribution in [0.3, 0.4) is 0 Å². The highest BCUT2D eigenvalue weighted by molar-refractivity contribution is 6.09. The van der Waals surface area contributed by atoms with Gasteiger partial charge in [0.2, 0.25) is 5.91 Å². The summed E-state index contributed by atoms with van der Waals surface area (Å²) in [7, 11) is 0. The Hall–Kier alpha value is -2.51. The highest BCUT2D eigenvalue weighted by Gasteiger charge is 2.50. The molecule has 2 rings (SSSR count). The number of imide groups is 1.